The number of amides is 2. The van der Waals surface area contributed by atoms with E-state index >= 15 is 0 Å². The van der Waals surface area contributed by atoms with E-state index in [1.165, 1.54) is 0 Å². The Morgan fingerprint density at radius 1 is 1.08 bits per heavy atom. The monoisotopic (exact) mass is 345 g/mol. The lowest BCUT2D eigenvalue weighted by molar-refractivity contribution is -0.135. The Labute approximate surface area is 149 Å². The summed E-state index contributed by atoms with van der Waals surface area (Å²) in [7, 11) is 2.06. The number of benzene rings is 1. The molecule has 1 saturated carbocycles. The largest absolute Gasteiger partial charge is 0.491 e. The Bertz CT molecular complexity index is 621. The SMILES string of the molecule is CC(C)Oc1ccc(NC(=O)C2CC2C(=O)N2CCN(C)CC2)cc1. The summed E-state index contributed by atoms with van der Waals surface area (Å²) in [6.45, 7) is 7.27. The Morgan fingerprint density at radius 2 is 1.72 bits per heavy atom. The molecular weight excluding hydrogens is 318 g/mol. The molecule has 1 aromatic carbocycles. The fraction of sp³-hybridized carbons (Fsp3) is 0.579. The number of likely N-dealkylation sites (N-methyl/N-ethyl adjacent to an activating group) is 1. The average Bonchev–Trinajstić information content (AvgIpc) is 3.37. The normalized spacial score (nSPS) is 23.4. The molecule has 1 heterocycles. The molecule has 136 valence electrons. The van der Waals surface area contributed by atoms with Crippen LogP contribution in [0, 0.1) is 11.8 Å². The molecule has 1 aromatic rings. The van der Waals surface area contributed by atoms with Crippen LogP contribution in [0.15, 0.2) is 24.3 Å². The quantitative estimate of drug-likeness (QED) is 0.884. The van der Waals surface area contributed by atoms with E-state index in [2.05, 4.69) is 17.3 Å². The smallest absolute Gasteiger partial charge is 0.228 e. The first kappa shape index (κ1) is 17.7. The number of nitrogens with zero attached hydrogens (tertiary/aromatic N) is 2. The molecule has 0 bridgehead atoms. The van der Waals surface area contributed by atoms with Crippen LogP contribution < -0.4 is 10.1 Å². The second-order valence-corrected chi connectivity index (χ2v) is 7.26. The van der Waals surface area contributed by atoms with E-state index in [1.807, 2.05) is 43.0 Å². The Morgan fingerprint density at radius 3 is 2.32 bits per heavy atom. The van der Waals surface area contributed by atoms with E-state index < -0.39 is 0 Å². The summed E-state index contributed by atoms with van der Waals surface area (Å²) in [6.07, 6.45) is 0.777. The van der Waals surface area contributed by atoms with Gasteiger partial charge in [0.25, 0.3) is 0 Å². The maximum absolute atomic E-state index is 12.5. The van der Waals surface area contributed by atoms with Crippen LogP contribution in [0.25, 0.3) is 0 Å². The van der Waals surface area contributed by atoms with Gasteiger partial charge in [-0.1, -0.05) is 0 Å². The first-order valence-corrected chi connectivity index (χ1v) is 8.99. The molecule has 2 amide bonds. The molecular formula is C19H27N3O3. The van der Waals surface area contributed by atoms with Gasteiger partial charge in [-0.05, 0) is 51.6 Å². The molecule has 1 N–H and O–H groups in total. The zero-order valence-electron chi connectivity index (χ0n) is 15.2. The van der Waals surface area contributed by atoms with Crippen LogP contribution in [0.5, 0.6) is 5.75 Å². The molecule has 2 fully saturated rings. The van der Waals surface area contributed by atoms with Crippen LogP contribution in [0.2, 0.25) is 0 Å². The van der Waals surface area contributed by atoms with E-state index in [0.29, 0.717) is 6.42 Å². The molecule has 2 unspecified atom stereocenters. The third-order valence-corrected chi connectivity index (χ3v) is 4.75. The van der Waals surface area contributed by atoms with E-state index in [0.717, 1.165) is 37.6 Å². The van der Waals surface area contributed by atoms with Crippen LogP contribution in [0.1, 0.15) is 20.3 Å². The summed E-state index contributed by atoms with van der Waals surface area (Å²) >= 11 is 0. The van der Waals surface area contributed by atoms with Crippen LogP contribution in [0.3, 0.4) is 0 Å². The number of anilines is 1. The van der Waals surface area contributed by atoms with Gasteiger partial charge in [0.15, 0.2) is 0 Å². The van der Waals surface area contributed by atoms with E-state index in [4.69, 9.17) is 4.74 Å². The van der Waals surface area contributed by atoms with Crippen LogP contribution in [-0.2, 0) is 9.59 Å². The summed E-state index contributed by atoms with van der Waals surface area (Å²) in [5.41, 5.74) is 0.735. The number of hydrogen-bond donors (Lipinski definition) is 1. The number of carbonyl (C=O) groups is 2. The van der Waals surface area contributed by atoms with Crippen LogP contribution >= 0.6 is 0 Å². The van der Waals surface area contributed by atoms with Crippen molar-refractivity contribution in [1.29, 1.82) is 0 Å². The molecule has 3 rings (SSSR count). The first-order chi connectivity index (χ1) is 11.9. The maximum Gasteiger partial charge on any atom is 0.228 e. The van der Waals surface area contributed by atoms with Crippen molar-refractivity contribution < 1.29 is 14.3 Å². The van der Waals surface area contributed by atoms with Gasteiger partial charge in [0.2, 0.25) is 11.8 Å². The van der Waals surface area contributed by atoms with Gasteiger partial charge in [0.1, 0.15) is 5.75 Å². The number of nitrogens with one attached hydrogen (secondary N) is 1. The second-order valence-electron chi connectivity index (χ2n) is 7.26. The molecule has 1 aliphatic carbocycles. The second kappa shape index (κ2) is 7.44. The molecule has 0 aromatic heterocycles. The van der Waals surface area contributed by atoms with Gasteiger partial charge >= 0.3 is 0 Å². The summed E-state index contributed by atoms with van der Waals surface area (Å²) in [4.78, 5) is 29.0. The minimum absolute atomic E-state index is 0.0648. The van der Waals surface area contributed by atoms with E-state index in [1.54, 1.807) is 0 Å². The summed E-state index contributed by atoms with van der Waals surface area (Å²) in [6, 6.07) is 7.34. The van der Waals surface area contributed by atoms with E-state index in [-0.39, 0.29) is 29.8 Å². The molecule has 0 spiro atoms. The third kappa shape index (κ3) is 4.51. The number of ether oxygens (including phenoxy) is 1. The highest BCUT2D eigenvalue weighted by molar-refractivity contribution is 5.99. The van der Waals surface area contributed by atoms with Crippen LogP contribution in [0.4, 0.5) is 5.69 Å². The van der Waals surface area contributed by atoms with Crippen LogP contribution in [-0.4, -0.2) is 60.9 Å². The van der Waals surface area contributed by atoms with Gasteiger partial charge in [-0.3, -0.25) is 9.59 Å². The number of piperazine rings is 1. The molecule has 1 aliphatic heterocycles. The molecule has 1 saturated heterocycles. The Kier molecular flexibility index (Phi) is 5.27. The minimum Gasteiger partial charge on any atom is -0.491 e. The fourth-order valence-corrected chi connectivity index (χ4v) is 3.14. The highest BCUT2D eigenvalue weighted by Crippen LogP contribution is 2.41. The van der Waals surface area contributed by atoms with E-state index in [9.17, 15) is 9.59 Å². The zero-order chi connectivity index (χ0) is 18.0. The first-order valence-electron chi connectivity index (χ1n) is 8.99. The lowest BCUT2D eigenvalue weighted by atomic mass is 10.2. The van der Waals surface area contributed by atoms with Crippen molar-refractivity contribution in [3.8, 4) is 5.75 Å². The average molecular weight is 345 g/mol. The number of rotatable bonds is 5. The van der Waals surface area contributed by atoms with Crippen molar-refractivity contribution >= 4 is 17.5 Å². The summed E-state index contributed by atoms with van der Waals surface area (Å²) in [5, 5.41) is 2.91. The highest BCUT2D eigenvalue weighted by Gasteiger charge is 2.49. The predicted molar refractivity (Wildman–Crippen MR) is 96.5 cm³/mol. The van der Waals surface area contributed by atoms with Crippen molar-refractivity contribution in [2.24, 2.45) is 11.8 Å². The summed E-state index contributed by atoms with van der Waals surface area (Å²) < 4.78 is 5.59. The van der Waals surface area contributed by atoms with Gasteiger partial charge in [0, 0.05) is 31.9 Å². The third-order valence-electron chi connectivity index (χ3n) is 4.75. The lowest BCUT2D eigenvalue weighted by Gasteiger charge is -2.32. The van der Waals surface area contributed by atoms with Crippen molar-refractivity contribution in [3.05, 3.63) is 24.3 Å². The molecule has 2 atom stereocenters. The minimum atomic E-state index is -0.196. The van der Waals surface area contributed by atoms with Gasteiger partial charge in [-0.15, -0.1) is 0 Å². The Hall–Kier alpha value is -2.08. The fourth-order valence-electron chi connectivity index (χ4n) is 3.14. The Balaban J connectivity index is 1.49. The zero-order valence-corrected chi connectivity index (χ0v) is 15.2. The lowest BCUT2D eigenvalue weighted by Crippen LogP contribution is -2.48. The van der Waals surface area contributed by atoms with Crippen molar-refractivity contribution in [2.45, 2.75) is 26.4 Å². The highest BCUT2D eigenvalue weighted by atomic mass is 16.5. The molecule has 0 radical (unpaired) electrons. The summed E-state index contributed by atoms with van der Waals surface area (Å²) in [5.74, 6) is 0.507. The number of hydrogen-bond acceptors (Lipinski definition) is 4. The molecule has 6 heteroatoms. The molecule has 25 heavy (non-hydrogen) atoms. The standard InChI is InChI=1S/C19H27N3O3/c1-13(2)25-15-6-4-14(5-7-15)20-18(23)16-12-17(16)19(24)22-10-8-21(3)9-11-22/h4-7,13,16-17H,8-12H2,1-3H3,(H,20,23). The predicted octanol–water partition coefficient (Wildman–Crippen LogP) is 1.82. The van der Waals surface area contributed by atoms with Crippen molar-refractivity contribution in [2.75, 3.05) is 38.5 Å². The van der Waals surface area contributed by atoms with Crippen molar-refractivity contribution in [1.82, 2.24) is 9.80 Å². The van der Waals surface area contributed by atoms with Gasteiger partial charge in [0.05, 0.1) is 17.9 Å². The maximum atomic E-state index is 12.5. The van der Waals surface area contributed by atoms with Gasteiger partial charge < -0.3 is 19.9 Å². The molecule has 6 nitrogen and oxygen atoms in total. The van der Waals surface area contributed by atoms with Crippen molar-refractivity contribution in [3.63, 3.8) is 0 Å². The van der Waals surface area contributed by atoms with Gasteiger partial charge in [-0.2, -0.15) is 0 Å². The number of carbonyl (C=O) groups excluding carboxylic acids is 2. The molecule has 2 aliphatic rings. The van der Waals surface area contributed by atoms with Gasteiger partial charge in [-0.25, -0.2) is 0 Å². The topological polar surface area (TPSA) is 61.9 Å².